The lowest BCUT2D eigenvalue weighted by Gasteiger charge is -2.35. The van der Waals surface area contributed by atoms with Gasteiger partial charge in [-0.25, -0.2) is 18.1 Å². The fourth-order valence-corrected chi connectivity index (χ4v) is 7.40. The Balaban J connectivity index is 1.33. The van der Waals surface area contributed by atoms with Gasteiger partial charge in [0, 0.05) is 50.9 Å². The Morgan fingerprint density at radius 3 is 2.60 bits per heavy atom. The lowest BCUT2D eigenvalue weighted by molar-refractivity contribution is 0.0530. The first kappa shape index (κ1) is 28.9. The maximum absolute atomic E-state index is 13.8. The predicted octanol–water partition coefficient (Wildman–Crippen LogP) is 3.09. The zero-order valence-corrected chi connectivity index (χ0v) is 25.3. The molecule has 2 aliphatic heterocycles. The molecule has 1 amide bonds. The number of amides is 1. The van der Waals surface area contributed by atoms with Gasteiger partial charge in [0.25, 0.3) is 5.91 Å². The summed E-state index contributed by atoms with van der Waals surface area (Å²) in [6.07, 6.45) is 6.61. The van der Waals surface area contributed by atoms with Gasteiger partial charge in [-0.05, 0) is 75.3 Å². The number of hydrogen-bond donors (Lipinski definition) is 3. The van der Waals surface area contributed by atoms with E-state index in [2.05, 4.69) is 19.8 Å². The Labute approximate surface area is 246 Å². The highest BCUT2D eigenvalue weighted by Gasteiger charge is 2.44. The number of rotatable bonds is 8. The highest BCUT2D eigenvalue weighted by Crippen LogP contribution is 2.54. The summed E-state index contributed by atoms with van der Waals surface area (Å²) in [5, 5.41) is 13.4. The van der Waals surface area contributed by atoms with Crippen LogP contribution in [0, 0.1) is 5.41 Å². The number of fused-ring (bicyclic) bond motifs is 1. The normalized spacial score (nSPS) is 21.1. The summed E-state index contributed by atoms with van der Waals surface area (Å²) in [7, 11) is -1.89. The van der Waals surface area contributed by atoms with E-state index in [1.165, 1.54) is 18.9 Å². The van der Waals surface area contributed by atoms with Crippen LogP contribution in [0.4, 0.5) is 17.2 Å². The van der Waals surface area contributed by atoms with E-state index < -0.39 is 16.1 Å². The van der Waals surface area contributed by atoms with E-state index in [1.807, 2.05) is 30.8 Å². The van der Waals surface area contributed by atoms with E-state index in [4.69, 9.17) is 9.72 Å². The molecule has 0 radical (unpaired) electrons. The van der Waals surface area contributed by atoms with Crippen LogP contribution in [0.3, 0.4) is 0 Å². The Hall–Kier alpha value is -3.19. The second-order valence-corrected chi connectivity index (χ2v) is 13.9. The van der Waals surface area contributed by atoms with Crippen molar-refractivity contribution in [1.82, 2.24) is 14.3 Å². The molecule has 226 valence electrons. The SMILES string of the molecule is C[C@@H]1CN(c2nc(C(=O)Nc3ccc(S(=O)(=O)N[C@@H](C)CO)cc3N3CCC4(CC3)CC4)cc3ccn(C)c23)CCO1. The van der Waals surface area contributed by atoms with Crippen LogP contribution in [0.5, 0.6) is 0 Å². The minimum absolute atomic E-state index is 0.0554. The van der Waals surface area contributed by atoms with Crippen LogP contribution in [0.1, 0.15) is 50.0 Å². The fraction of sp³-hybridized carbons (Fsp3) is 0.533. The van der Waals surface area contributed by atoms with Crippen LogP contribution >= 0.6 is 0 Å². The van der Waals surface area contributed by atoms with Crippen molar-refractivity contribution in [3.8, 4) is 0 Å². The molecule has 3 fully saturated rings. The van der Waals surface area contributed by atoms with Gasteiger partial charge in [0.15, 0.2) is 5.82 Å². The Morgan fingerprint density at radius 2 is 1.90 bits per heavy atom. The standard InChI is InChI=1S/C30H40N6O5S/c1-20(19-37)33-42(39,40)23-4-5-24(26(17-23)35-12-9-30(7-8-30)10-13-35)32-29(38)25-16-22-6-11-34(3)27(22)28(31-25)36-14-15-41-21(2)18-36/h4-6,11,16-17,20-21,33,37H,7-10,12-15,18-19H2,1-3H3,(H,32,38)/t20-,21+/m0/s1. The van der Waals surface area contributed by atoms with Crippen LogP contribution in [0.2, 0.25) is 0 Å². The average molecular weight is 597 g/mol. The van der Waals surface area contributed by atoms with Crippen molar-refractivity contribution < 1.29 is 23.1 Å². The number of aliphatic hydroxyl groups is 1. The number of nitrogens with zero attached hydrogens (tertiary/aromatic N) is 4. The van der Waals surface area contributed by atoms with Crippen molar-refractivity contribution in [2.24, 2.45) is 12.5 Å². The molecule has 3 aromatic rings. The molecule has 2 saturated heterocycles. The number of nitrogens with one attached hydrogen (secondary N) is 2. The highest BCUT2D eigenvalue weighted by atomic mass is 32.2. The first-order chi connectivity index (χ1) is 20.1. The van der Waals surface area contributed by atoms with E-state index in [0.717, 1.165) is 42.7 Å². The van der Waals surface area contributed by atoms with Crippen LogP contribution in [-0.2, 0) is 21.8 Å². The van der Waals surface area contributed by atoms with Gasteiger partial charge < -0.3 is 29.5 Å². The monoisotopic (exact) mass is 596 g/mol. The number of hydrogen-bond acceptors (Lipinski definition) is 8. The van der Waals surface area contributed by atoms with Crippen molar-refractivity contribution in [2.75, 3.05) is 54.5 Å². The highest BCUT2D eigenvalue weighted by molar-refractivity contribution is 7.89. The van der Waals surface area contributed by atoms with Gasteiger partial charge in [0.2, 0.25) is 10.0 Å². The summed E-state index contributed by atoms with van der Waals surface area (Å²) < 4.78 is 36.4. The molecular weight excluding hydrogens is 556 g/mol. The summed E-state index contributed by atoms with van der Waals surface area (Å²) in [6, 6.07) is 7.93. The van der Waals surface area contributed by atoms with Gasteiger partial charge in [-0.2, -0.15) is 0 Å². The first-order valence-corrected chi connectivity index (χ1v) is 16.2. The largest absolute Gasteiger partial charge is 0.395 e. The van der Waals surface area contributed by atoms with Crippen LogP contribution in [0.15, 0.2) is 41.4 Å². The Bertz CT molecular complexity index is 1590. The summed E-state index contributed by atoms with van der Waals surface area (Å²) in [4.78, 5) is 23.1. The molecule has 3 N–H and O–H groups in total. The summed E-state index contributed by atoms with van der Waals surface area (Å²) >= 11 is 0. The number of morpholine rings is 1. The maximum Gasteiger partial charge on any atom is 0.274 e. The summed E-state index contributed by atoms with van der Waals surface area (Å²) in [5.74, 6) is 0.389. The molecule has 1 saturated carbocycles. The number of carbonyl (C=O) groups excluding carboxylic acids is 1. The number of aryl methyl sites for hydroxylation is 1. The van der Waals surface area contributed by atoms with Gasteiger partial charge in [-0.3, -0.25) is 4.79 Å². The number of pyridine rings is 1. The van der Waals surface area contributed by atoms with Crippen molar-refractivity contribution >= 4 is 44.0 Å². The Kier molecular flexibility index (Phi) is 7.67. The number of aromatic nitrogens is 2. The van der Waals surface area contributed by atoms with Gasteiger partial charge in [-0.1, -0.05) is 0 Å². The van der Waals surface area contributed by atoms with Gasteiger partial charge in [0.05, 0.1) is 41.1 Å². The average Bonchev–Trinajstić information content (AvgIpc) is 3.63. The molecule has 12 heteroatoms. The molecular formula is C30H40N6O5S. The quantitative estimate of drug-likeness (QED) is 0.362. The third kappa shape index (κ3) is 5.72. The number of sulfonamides is 1. The summed E-state index contributed by atoms with van der Waals surface area (Å²) in [5.41, 5.74) is 2.89. The molecule has 1 aliphatic carbocycles. The molecule has 42 heavy (non-hydrogen) atoms. The lowest BCUT2D eigenvalue weighted by atomic mass is 9.93. The predicted molar refractivity (Wildman–Crippen MR) is 163 cm³/mol. The van der Waals surface area contributed by atoms with Gasteiger partial charge in [-0.15, -0.1) is 0 Å². The molecule has 6 rings (SSSR count). The zero-order valence-electron chi connectivity index (χ0n) is 24.5. The number of aliphatic hydroxyl groups excluding tert-OH is 1. The molecule has 1 aromatic carbocycles. The van der Waals surface area contributed by atoms with Crippen molar-refractivity contribution in [3.05, 3.63) is 42.2 Å². The molecule has 0 bridgehead atoms. The number of ether oxygens (including phenoxy) is 1. The third-order valence-corrected chi connectivity index (χ3v) is 10.5. The second kappa shape index (κ2) is 11.1. The smallest absolute Gasteiger partial charge is 0.274 e. The molecule has 11 nitrogen and oxygen atoms in total. The third-order valence-electron chi connectivity index (χ3n) is 8.89. The molecule has 2 atom stereocenters. The maximum atomic E-state index is 13.8. The van der Waals surface area contributed by atoms with Crippen molar-refractivity contribution in [2.45, 2.75) is 56.6 Å². The zero-order chi connectivity index (χ0) is 29.6. The molecule has 2 aromatic heterocycles. The van der Waals surface area contributed by atoms with E-state index in [0.29, 0.717) is 42.2 Å². The van der Waals surface area contributed by atoms with E-state index in [-0.39, 0.29) is 23.5 Å². The molecule has 4 heterocycles. The molecule has 1 spiro atoms. The van der Waals surface area contributed by atoms with Gasteiger partial charge in [0.1, 0.15) is 5.69 Å². The fourth-order valence-electron chi connectivity index (χ4n) is 6.15. The van der Waals surface area contributed by atoms with Crippen LogP contribution in [-0.4, -0.2) is 80.5 Å². The van der Waals surface area contributed by atoms with Gasteiger partial charge >= 0.3 is 0 Å². The topological polar surface area (TPSA) is 129 Å². The van der Waals surface area contributed by atoms with Crippen molar-refractivity contribution in [3.63, 3.8) is 0 Å². The van der Waals surface area contributed by atoms with E-state index in [9.17, 15) is 18.3 Å². The second-order valence-electron chi connectivity index (χ2n) is 12.1. The number of benzene rings is 1. The Morgan fingerprint density at radius 1 is 1.14 bits per heavy atom. The van der Waals surface area contributed by atoms with E-state index >= 15 is 0 Å². The minimum Gasteiger partial charge on any atom is -0.395 e. The minimum atomic E-state index is -3.87. The van der Waals surface area contributed by atoms with Crippen LogP contribution < -0.4 is 19.8 Å². The van der Waals surface area contributed by atoms with Crippen molar-refractivity contribution in [1.29, 1.82) is 0 Å². The van der Waals surface area contributed by atoms with E-state index in [1.54, 1.807) is 25.1 Å². The summed E-state index contributed by atoms with van der Waals surface area (Å²) in [6.45, 7) is 6.86. The number of anilines is 3. The lowest BCUT2D eigenvalue weighted by Crippen LogP contribution is -2.42. The first-order valence-electron chi connectivity index (χ1n) is 14.7. The number of carbonyl (C=O) groups is 1. The molecule has 3 aliphatic rings. The molecule has 0 unspecified atom stereocenters. The number of piperidine rings is 1. The van der Waals surface area contributed by atoms with Crippen LogP contribution in [0.25, 0.3) is 10.9 Å².